The van der Waals surface area contributed by atoms with Gasteiger partial charge in [0.1, 0.15) is 5.76 Å². The highest BCUT2D eigenvalue weighted by Crippen LogP contribution is 2.03. The van der Waals surface area contributed by atoms with E-state index in [9.17, 15) is 9.59 Å². The monoisotopic (exact) mass is 212 g/mol. The van der Waals surface area contributed by atoms with Crippen molar-refractivity contribution < 1.29 is 19.2 Å². The molecule has 1 rings (SSSR count). The van der Waals surface area contributed by atoms with Crippen LogP contribution in [0.15, 0.2) is 10.6 Å². The lowest BCUT2D eigenvalue weighted by atomic mass is 10.3. The van der Waals surface area contributed by atoms with Crippen LogP contribution in [-0.2, 0) is 11.2 Å². The van der Waals surface area contributed by atoms with Gasteiger partial charge in [0.15, 0.2) is 5.69 Å². The topological polar surface area (TPSA) is 92.4 Å². The number of aromatic nitrogens is 1. The van der Waals surface area contributed by atoms with E-state index >= 15 is 0 Å². The zero-order valence-electron chi connectivity index (χ0n) is 8.32. The number of nitrogens with one attached hydrogen (secondary N) is 1. The van der Waals surface area contributed by atoms with E-state index in [1.165, 1.54) is 6.07 Å². The van der Waals surface area contributed by atoms with Crippen LogP contribution in [0.4, 0.5) is 0 Å². The van der Waals surface area contributed by atoms with Crippen molar-refractivity contribution in [2.75, 3.05) is 6.54 Å². The Morgan fingerprint density at radius 1 is 1.60 bits per heavy atom. The first-order valence-electron chi connectivity index (χ1n) is 4.59. The van der Waals surface area contributed by atoms with E-state index in [2.05, 4.69) is 10.5 Å². The van der Waals surface area contributed by atoms with Crippen molar-refractivity contribution in [2.24, 2.45) is 0 Å². The van der Waals surface area contributed by atoms with Crippen LogP contribution in [0.2, 0.25) is 0 Å². The van der Waals surface area contributed by atoms with Gasteiger partial charge in [-0.3, -0.25) is 9.59 Å². The van der Waals surface area contributed by atoms with Crippen molar-refractivity contribution in [1.29, 1.82) is 0 Å². The summed E-state index contributed by atoms with van der Waals surface area (Å²) in [6.07, 6.45) is 0.555. The van der Waals surface area contributed by atoms with Crippen LogP contribution in [0.1, 0.15) is 29.6 Å². The van der Waals surface area contributed by atoms with E-state index in [1.807, 2.05) is 6.92 Å². The lowest BCUT2D eigenvalue weighted by Gasteiger charge is -1.98. The molecule has 0 saturated carbocycles. The number of aryl methyl sites for hydroxylation is 1. The Kier molecular flexibility index (Phi) is 3.84. The molecule has 0 spiro atoms. The Hall–Kier alpha value is -1.85. The number of aliphatic carboxylic acids is 1. The third-order valence-corrected chi connectivity index (χ3v) is 1.76. The standard InChI is InChI=1S/C9H12N2O4/c1-2-6-5-7(11-15-6)9(14)10-4-3-8(12)13/h5H,2-4H2,1H3,(H,10,14)(H,12,13). The van der Waals surface area contributed by atoms with Gasteiger partial charge in [-0.2, -0.15) is 0 Å². The smallest absolute Gasteiger partial charge is 0.305 e. The van der Waals surface area contributed by atoms with E-state index in [0.29, 0.717) is 12.2 Å². The van der Waals surface area contributed by atoms with Gasteiger partial charge in [0.05, 0.1) is 6.42 Å². The molecule has 0 aliphatic heterocycles. The maximum Gasteiger partial charge on any atom is 0.305 e. The first-order valence-corrected chi connectivity index (χ1v) is 4.59. The molecule has 0 atom stereocenters. The molecule has 2 N–H and O–H groups in total. The molecule has 1 aromatic rings. The van der Waals surface area contributed by atoms with E-state index in [1.54, 1.807) is 0 Å². The Labute approximate surface area is 86.3 Å². The molecule has 6 nitrogen and oxygen atoms in total. The number of rotatable bonds is 5. The van der Waals surface area contributed by atoms with Gasteiger partial charge in [0.2, 0.25) is 0 Å². The molecule has 0 fully saturated rings. The quantitative estimate of drug-likeness (QED) is 0.738. The predicted octanol–water partition coefficient (Wildman–Crippen LogP) is 0.441. The van der Waals surface area contributed by atoms with Crippen molar-refractivity contribution in [3.63, 3.8) is 0 Å². The van der Waals surface area contributed by atoms with Crippen molar-refractivity contribution in [2.45, 2.75) is 19.8 Å². The summed E-state index contributed by atoms with van der Waals surface area (Å²) < 4.78 is 4.84. The first-order chi connectivity index (χ1) is 7.13. The van der Waals surface area contributed by atoms with Crippen LogP contribution in [0, 0.1) is 0 Å². The highest BCUT2D eigenvalue weighted by molar-refractivity contribution is 5.92. The summed E-state index contributed by atoms with van der Waals surface area (Å²) in [7, 11) is 0. The minimum Gasteiger partial charge on any atom is -0.481 e. The van der Waals surface area contributed by atoms with Crippen molar-refractivity contribution in [3.05, 3.63) is 17.5 Å². The number of hydrogen-bond donors (Lipinski definition) is 2. The number of carboxylic acid groups (broad SMARTS) is 1. The maximum absolute atomic E-state index is 11.3. The Morgan fingerprint density at radius 2 is 2.33 bits per heavy atom. The normalized spacial score (nSPS) is 9.93. The molecule has 1 heterocycles. The molecule has 0 bridgehead atoms. The van der Waals surface area contributed by atoms with Crippen LogP contribution < -0.4 is 5.32 Å². The molecule has 0 saturated heterocycles. The average molecular weight is 212 g/mol. The molecule has 0 radical (unpaired) electrons. The number of amides is 1. The van der Waals surface area contributed by atoms with Crippen LogP contribution in [0.3, 0.4) is 0 Å². The van der Waals surface area contributed by atoms with Gasteiger partial charge >= 0.3 is 5.97 Å². The third kappa shape index (κ3) is 3.41. The van der Waals surface area contributed by atoms with E-state index in [4.69, 9.17) is 9.63 Å². The zero-order valence-corrected chi connectivity index (χ0v) is 8.32. The second kappa shape index (κ2) is 5.14. The molecule has 1 aromatic heterocycles. The van der Waals surface area contributed by atoms with Crippen molar-refractivity contribution in [1.82, 2.24) is 10.5 Å². The van der Waals surface area contributed by atoms with Gasteiger partial charge in [-0.05, 0) is 0 Å². The molecular formula is C9H12N2O4. The van der Waals surface area contributed by atoms with Crippen LogP contribution in [0.5, 0.6) is 0 Å². The highest BCUT2D eigenvalue weighted by Gasteiger charge is 2.11. The third-order valence-electron chi connectivity index (χ3n) is 1.76. The molecule has 15 heavy (non-hydrogen) atoms. The van der Waals surface area contributed by atoms with Gasteiger partial charge < -0.3 is 14.9 Å². The Balaban J connectivity index is 2.43. The van der Waals surface area contributed by atoms with Crippen LogP contribution in [0.25, 0.3) is 0 Å². The number of nitrogens with zero attached hydrogens (tertiary/aromatic N) is 1. The van der Waals surface area contributed by atoms with Crippen molar-refractivity contribution in [3.8, 4) is 0 Å². The fourth-order valence-electron chi connectivity index (χ4n) is 0.960. The van der Waals surface area contributed by atoms with Gasteiger partial charge in [-0.1, -0.05) is 12.1 Å². The molecule has 0 aliphatic rings. The lowest BCUT2D eigenvalue weighted by molar-refractivity contribution is -0.136. The van der Waals surface area contributed by atoms with E-state index < -0.39 is 11.9 Å². The minimum absolute atomic E-state index is 0.0858. The second-order valence-electron chi connectivity index (χ2n) is 2.93. The summed E-state index contributed by atoms with van der Waals surface area (Å²) in [6.45, 7) is 1.97. The highest BCUT2D eigenvalue weighted by atomic mass is 16.5. The van der Waals surface area contributed by atoms with Gasteiger partial charge in [0, 0.05) is 19.0 Å². The summed E-state index contributed by atoms with van der Waals surface area (Å²) in [5.41, 5.74) is 0.178. The average Bonchev–Trinajstić information content (AvgIpc) is 2.65. The van der Waals surface area contributed by atoms with E-state index in [-0.39, 0.29) is 18.7 Å². The molecule has 6 heteroatoms. The summed E-state index contributed by atoms with van der Waals surface area (Å²) in [4.78, 5) is 21.5. The Morgan fingerprint density at radius 3 is 2.87 bits per heavy atom. The van der Waals surface area contributed by atoms with Crippen LogP contribution >= 0.6 is 0 Å². The number of carbonyl (C=O) groups excluding carboxylic acids is 1. The minimum atomic E-state index is -0.954. The van der Waals surface area contributed by atoms with Crippen molar-refractivity contribution >= 4 is 11.9 Å². The molecule has 1 amide bonds. The summed E-state index contributed by atoms with van der Waals surface area (Å²) in [6, 6.07) is 1.54. The molecule has 0 aromatic carbocycles. The van der Waals surface area contributed by atoms with E-state index in [0.717, 1.165) is 0 Å². The number of hydrogen-bond acceptors (Lipinski definition) is 4. The van der Waals surface area contributed by atoms with Crippen LogP contribution in [-0.4, -0.2) is 28.7 Å². The van der Waals surface area contributed by atoms with Gasteiger partial charge in [0.25, 0.3) is 5.91 Å². The molecule has 0 unspecified atom stereocenters. The molecule has 0 aliphatic carbocycles. The maximum atomic E-state index is 11.3. The lowest BCUT2D eigenvalue weighted by Crippen LogP contribution is -2.26. The summed E-state index contributed by atoms with van der Waals surface area (Å²) >= 11 is 0. The number of carbonyl (C=O) groups is 2. The second-order valence-corrected chi connectivity index (χ2v) is 2.93. The SMILES string of the molecule is CCc1cc(C(=O)NCCC(=O)O)no1. The Bertz CT molecular complexity index is 359. The fourth-order valence-corrected chi connectivity index (χ4v) is 0.960. The first kappa shape index (κ1) is 11.2. The largest absolute Gasteiger partial charge is 0.481 e. The predicted molar refractivity (Wildman–Crippen MR) is 50.5 cm³/mol. The summed E-state index contributed by atoms with van der Waals surface area (Å²) in [5, 5.41) is 14.3. The summed E-state index contributed by atoms with van der Waals surface area (Å²) in [5.74, 6) is -0.747. The zero-order chi connectivity index (χ0) is 11.3. The molecule has 82 valence electrons. The molecular weight excluding hydrogens is 200 g/mol. The van der Waals surface area contributed by atoms with Gasteiger partial charge in [-0.15, -0.1) is 0 Å². The fraction of sp³-hybridized carbons (Fsp3) is 0.444. The number of carboxylic acids is 1. The van der Waals surface area contributed by atoms with Gasteiger partial charge in [-0.25, -0.2) is 0 Å².